The Bertz CT molecular complexity index is 711. The first-order chi connectivity index (χ1) is 9.83. The molecule has 0 bridgehead atoms. The lowest BCUT2D eigenvalue weighted by Crippen LogP contribution is -2.23. The minimum absolute atomic E-state index is 0.00763. The summed E-state index contributed by atoms with van der Waals surface area (Å²) in [5.41, 5.74) is 3.88. The first-order valence-electron chi connectivity index (χ1n) is 6.80. The summed E-state index contributed by atoms with van der Waals surface area (Å²) in [5, 5.41) is 2.88. The van der Waals surface area contributed by atoms with Crippen LogP contribution in [0.15, 0.2) is 6.07 Å². The normalized spacial score (nSPS) is 20.5. The highest BCUT2D eigenvalue weighted by Crippen LogP contribution is 2.41. The molecule has 3 rings (SSSR count). The second kappa shape index (κ2) is 4.99. The van der Waals surface area contributed by atoms with E-state index in [-0.39, 0.29) is 18.6 Å². The third-order valence-electron chi connectivity index (χ3n) is 3.72. The number of carbonyl (C=O) groups excluding carboxylic acids is 1. The van der Waals surface area contributed by atoms with Crippen LogP contribution in [0.1, 0.15) is 23.1 Å². The first kappa shape index (κ1) is 14.3. The Morgan fingerprint density at radius 1 is 1.43 bits per heavy atom. The molecular formula is C14H17NO5S. The summed E-state index contributed by atoms with van der Waals surface area (Å²) in [7, 11) is -3.47. The zero-order valence-electron chi connectivity index (χ0n) is 11.9. The molecule has 21 heavy (non-hydrogen) atoms. The molecule has 0 aliphatic carbocycles. The molecule has 0 saturated heterocycles. The van der Waals surface area contributed by atoms with E-state index in [0.717, 1.165) is 34.4 Å². The summed E-state index contributed by atoms with van der Waals surface area (Å²) in [6, 6.07) is 1.99. The van der Waals surface area contributed by atoms with Gasteiger partial charge in [-0.15, -0.1) is 0 Å². The van der Waals surface area contributed by atoms with Crippen molar-refractivity contribution in [3.05, 3.63) is 22.8 Å². The average Bonchev–Trinajstić information content (AvgIpc) is 2.79. The van der Waals surface area contributed by atoms with Gasteiger partial charge in [0.05, 0.1) is 11.9 Å². The second-order valence-corrected chi connectivity index (χ2v) is 7.16. The number of anilines is 1. The van der Waals surface area contributed by atoms with E-state index in [1.807, 2.05) is 13.0 Å². The topological polar surface area (TPSA) is 81.7 Å². The van der Waals surface area contributed by atoms with E-state index in [1.165, 1.54) is 0 Å². The van der Waals surface area contributed by atoms with Gasteiger partial charge in [-0.3, -0.25) is 8.98 Å². The third-order valence-corrected chi connectivity index (χ3v) is 4.28. The number of hydrogen-bond acceptors (Lipinski definition) is 5. The monoisotopic (exact) mass is 311 g/mol. The van der Waals surface area contributed by atoms with Crippen molar-refractivity contribution in [2.24, 2.45) is 0 Å². The van der Waals surface area contributed by atoms with Crippen molar-refractivity contribution in [1.29, 1.82) is 0 Å². The Labute approximate surface area is 123 Å². The largest absolute Gasteiger partial charge is 0.487 e. The zero-order valence-corrected chi connectivity index (χ0v) is 12.7. The van der Waals surface area contributed by atoms with Crippen molar-refractivity contribution in [1.82, 2.24) is 0 Å². The highest BCUT2D eigenvalue weighted by molar-refractivity contribution is 7.85. The lowest BCUT2D eigenvalue weighted by atomic mass is 9.95. The van der Waals surface area contributed by atoms with E-state index >= 15 is 0 Å². The van der Waals surface area contributed by atoms with Gasteiger partial charge in [0.1, 0.15) is 18.5 Å². The molecule has 0 aromatic heterocycles. The van der Waals surface area contributed by atoms with E-state index in [9.17, 15) is 13.2 Å². The molecule has 1 N–H and O–H groups in total. The van der Waals surface area contributed by atoms with Gasteiger partial charge in [-0.1, -0.05) is 6.07 Å². The summed E-state index contributed by atoms with van der Waals surface area (Å²) >= 11 is 0. The number of aryl methyl sites for hydroxylation is 1. The van der Waals surface area contributed by atoms with Gasteiger partial charge in [0, 0.05) is 18.4 Å². The summed E-state index contributed by atoms with van der Waals surface area (Å²) in [6.07, 6.45) is 2.42. The third kappa shape index (κ3) is 2.89. The summed E-state index contributed by atoms with van der Waals surface area (Å²) < 4.78 is 32.8. The number of nitrogens with one attached hydrogen (secondary N) is 1. The maximum absolute atomic E-state index is 11.5. The van der Waals surface area contributed by atoms with Crippen molar-refractivity contribution < 1.29 is 22.1 Å². The maximum Gasteiger partial charge on any atom is 0.264 e. The van der Waals surface area contributed by atoms with Crippen molar-refractivity contribution in [2.75, 3.05) is 18.2 Å². The summed E-state index contributed by atoms with van der Waals surface area (Å²) in [5.74, 6) is 0.790. The summed E-state index contributed by atoms with van der Waals surface area (Å²) in [6.45, 7) is 1.96. The molecule has 0 radical (unpaired) electrons. The Morgan fingerprint density at radius 2 is 2.19 bits per heavy atom. The highest BCUT2D eigenvalue weighted by Gasteiger charge is 2.31. The van der Waals surface area contributed by atoms with Crippen LogP contribution < -0.4 is 10.1 Å². The smallest absolute Gasteiger partial charge is 0.264 e. The Balaban J connectivity index is 1.85. The van der Waals surface area contributed by atoms with Crippen LogP contribution in [0.5, 0.6) is 5.75 Å². The molecule has 1 aromatic rings. The molecule has 114 valence electrons. The molecule has 1 aromatic carbocycles. The number of amides is 1. The van der Waals surface area contributed by atoms with Crippen LogP contribution in [0.3, 0.4) is 0 Å². The van der Waals surface area contributed by atoms with E-state index in [4.69, 9.17) is 8.92 Å². The van der Waals surface area contributed by atoms with Crippen LogP contribution in [-0.2, 0) is 31.9 Å². The van der Waals surface area contributed by atoms with Crippen LogP contribution >= 0.6 is 0 Å². The minimum atomic E-state index is -3.47. The van der Waals surface area contributed by atoms with Gasteiger partial charge in [0.25, 0.3) is 10.1 Å². The highest BCUT2D eigenvalue weighted by atomic mass is 32.2. The Kier molecular flexibility index (Phi) is 3.41. The number of fused-ring (bicyclic) bond motifs is 3. The molecular weight excluding hydrogens is 294 g/mol. The van der Waals surface area contributed by atoms with Gasteiger partial charge < -0.3 is 10.1 Å². The predicted octanol–water partition coefficient (Wildman–Crippen LogP) is 1.16. The molecule has 0 fully saturated rings. The number of rotatable bonds is 3. The van der Waals surface area contributed by atoms with Gasteiger partial charge >= 0.3 is 0 Å². The molecule has 0 spiro atoms. The van der Waals surface area contributed by atoms with Crippen LogP contribution in [-0.4, -0.2) is 33.3 Å². The lowest BCUT2D eigenvalue weighted by Gasteiger charge is -2.21. The molecule has 1 amide bonds. The number of benzene rings is 1. The standard InChI is InChI=1S/C14H17NO5S/c1-8-5-9-6-10(7-19-21(2,17)18)20-14(9)11-3-4-12(16)15-13(8)11/h5,10H,3-4,6-7H2,1-2H3,(H,15,16). The number of hydrogen-bond donors (Lipinski definition) is 1. The fraction of sp³-hybridized carbons (Fsp3) is 0.500. The van der Waals surface area contributed by atoms with E-state index < -0.39 is 10.1 Å². The molecule has 7 heteroatoms. The second-order valence-electron chi connectivity index (χ2n) is 5.52. The number of carbonyl (C=O) groups is 1. The van der Waals surface area contributed by atoms with Crippen LogP contribution in [0.4, 0.5) is 5.69 Å². The van der Waals surface area contributed by atoms with Gasteiger partial charge in [0.2, 0.25) is 5.91 Å². The molecule has 1 unspecified atom stereocenters. The quantitative estimate of drug-likeness (QED) is 0.847. The summed E-state index contributed by atoms with van der Waals surface area (Å²) in [4.78, 5) is 11.5. The van der Waals surface area contributed by atoms with E-state index in [1.54, 1.807) is 0 Å². The van der Waals surface area contributed by atoms with Crippen LogP contribution in [0.25, 0.3) is 0 Å². The van der Waals surface area contributed by atoms with Gasteiger partial charge in [0.15, 0.2) is 0 Å². The van der Waals surface area contributed by atoms with Crippen molar-refractivity contribution in [3.63, 3.8) is 0 Å². The molecule has 1 atom stereocenters. The van der Waals surface area contributed by atoms with Crippen molar-refractivity contribution in [2.45, 2.75) is 32.3 Å². The average molecular weight is 311 g/mol. The zero-order chi connectivity index (χ0) is 15.2. The Morgan fingerprint density at radius 3 is 2.90 bits per heavy atom. The van der Waals surface area contributed by atoms with Crippen molar-refractivity contribution in [3.8, 4) is 5.75 Å². The molecule has 0 saturated carbocycles. The molecule has 2 aliphatic rings. The predicted molar refractivity (Wildman–Crippen MR) is 77.0 cm³/mol. The van der Waals surface area contributed by atoms with Gasteiger partial charge in [-0.25, -0.2) is 0 Å². The fourth-order valence-corrected chi connectivity index (χ4v) is 3.24. The molecule has 6 nitrogen and oxygen atoms in total. The minimum Gasteiger partial charge on any atom is -0.487 e. The fourth-order valence-electron chi connectivity index (χ4n) is 2.84. The molecule has 2 heterocycles. The van der Waals surface area contributed by atoms with Crippen molar-refractivity contribution >= 4 is 21.7 Å². The lowest BCUT2D eigenvalue weighted by molar-refractivity contribution is -0.116. The Hall–Kier alpha value is -1.60. The molecule has 2 aliphatic heterocycles. The van der Waals surface area contributed by atoms with Crippen LogP contribution in [0.2, 0.25) is 0 Å². The van der Waals surface area contributed by atoms with E-state index in [2.05, 4.69) is 5.32 Å². The van der Waals surface area contributed by atoms with Crippen LogP contribution in [0, 0.1) is 6.92 Å². The first-order valence-corrected chi connectivity index (χ1v) is 8.61. The number of ether oxygens (including phenoxy) is 1. The SMILES string of the molecule is Cc1cc2c(c3c1NC(=O)CC3)OC(COS(C)(=O)=O)C2. The van der Waals surface area contributed by atoms with Gasteiger partial charge in [-0.2, -0.15) is 8.42 Å². The maximum atomic E-state index is 11.5. The van der Waals surface area contributed by atoms with E-state index in [0.29, 0.717) is 19.3 Å². The van der Waals surface area contributed by atoms with Gasteiger partial charge in [-0.05, 0) is 24.5 Å².